The van der Waals surface area contributed by atoms with Crippen LogP contribution in [0.15, 0.2) is 49.1 Å². The minimum atomic E-state index is 0.487. The first-order valence-corrected chi connectivity index (χ1v) is 10.7. The summed E-state index contributed by atoms with van der Waals surface area (Å²) in [6.07, 6.45) is 13.1. The molecular formula is C22H26ClN7. The number of fused-ring (bicyclic) bond motifs is 1. The monoisotopic (exact) mass is 423 g/mol. The molecule has 3 heterocycles. The Kier molecular flexibility index (Phi) is 6.61. The zero-order valence-electron chi connectivity index (χ0n) is 16.8. The largest absolute Gasteiger partial charge is 0.360 e. The third-order valence-corrected chi connectivity index (χ3v) is 5.35. The minimum Gasteiger partial charge on any atom is -0.360 e. The Hall–Kier alpha value is -2.90. The van der Waals surface area contributed by atoms with E-state index in [1.807, 2.05) is 41.3 Å². The third kappa shape index (κ3) is 4.80. The second-order valence-corrected chi connectivity index (χ2v) is 7.72. The first kappa shape index (κ1) is 20.4. The van der Waals surface area contributed by atoms with Crippen LogP contribution in [0.25, 0.3) is 22.2 Å². The first-order chi connectivity index (χ1) is 14.7. The summed E-state index contributed by atoms with van der Waals surface area (Å²) in [6.45, 7) is 1.68. The Labute approximate surface area is 180 Å². The predicted octanol–water partition coefficient (Wildman–Crippen LogP) is 5.13. The van der Waals surface area contributed by atoms with Crippen LogP contribution >= 0.6 is 11.6 Å². The molecule has 7 nitrogen and oxygen atoms in total. The van der Waals surface area contributed by atoms with Crippen LogP contribution in [0.1, 0.15) is 32.1 Å². The zero-order chi connectivity index (χ0) is 20.8. The average Bonchev–Trinajstić information content (AvgIpc) is 3.39. The molecule has 4 N–H and O–H groups in total. The van der Waals surface area contributed by atoms with Crippen LogP contribution in [0.4, 0.5) is 11.6 Å². The van der Waals surface area contributed by atoms with Crippen molar-refractivity contribution in [1.82, 2.24) is 24.7 Å². The van der Waals surface area contributed by atoms with Crippen molar-refractivity contribution in [1.29, 1.82) is 0 Å². The summed E-state index contributed by atoms with van der Waals surface area (Å²) >= 11 is 6.41. The molecule has 0 aliphatic heterocycles. The summed E-state index contributed by atoms with van der Waals surface area (Å²) in [5.41, 5.74) is 9.07. The molecule has 30 heavy (non-hydrogen) atoms. The lowest BCUT2D eigenvalue weighted by Gasteiger charge is -2.06. The Bertz CT molecular complexity index is 1100. The van der Waals surface area contributed by atoms with E-state index in [-0.39, 0.29) is 0 Å². The van der Waals surface area contributed by atoms with Crippen molar-refractivity contribution < 1.29 is 0 Å². The van der Waals surface area contributed by atoms with Crippen molar-refractivity contribution in [2.45, 2.75) is 38.6 Å². The highest BCUT2D eigenvalue weighted by Gasteiger charge is 2.13. The summed E-state index contributed by atoms with van der Waals surface area (Å²) in [5.74, 6) is 0.487. The number of H-pyrrole nitrogens is 1. The minimum absolute atomic E-state index is 0.487. The number of unbranched alkanes of at least 4 members (excludes halogenated alkanes) is 4. The smallest absolute Gasteiger partial charge is 0.227 e. The fourth-order valence-electron chi connectivity index (χ4n) is 3.51. The van der Waals surface area contributed by atoms with Gasteiger partial charge >= 0.3 is 0 Å². The van der Waals surface area contributed by atoms with Crippen molar-refractivity contribution in [3.05, 3.63) is 54.1 Å². The number of aromatic amines is 1. The molecule has 4 aromatic rings. The van der Waals surface area contributed by atoms with E-state index in [1.54, 1.807) is 12.4 Å². The van der Waals surface area contributed by atoms with Gasteiger partial charge in [0.25, 0.3) is 0 Å². The van der Waals surface area contributed by atoms with Gasteiger partial charge in [-0.05, 0) is 25.5 Å². The summed E-state index contributed by atoms with van der Waals surface area (Å²) in [7, 11) is 0. The molecule has 0 saturated heterocycles. The molecule has 0 bridgehead atoms. The number of halogens is 1. The van der Waals surface area contributed by atoms with Crippen LogP contribution in [0.5, 0.6) is 0 Å². The normalized spacial score (nSPS) is 11.3. The van der Waals surface area contributed by atoms with Gasteiger partial charge in [-0.15, -0.1) is 0 Å². The maximum Gasteiger partial charge on any atom is 0.227 e. The molecule has 8 heteroatoms. The number of aryl methyl sites for hydroxylation is 1. The predicted molar refractivity (Wildman–Crippen MR) is 122 cm³/mol. The second-order valence-electron chi connectivity index (χ2n) is 7.31. The molecule has 0 aliphatic carbocycles. The van der Waals surface area contributed by atoms with Crippen molar-refractivity contribution in [2.24, 2.45) is 5.73 Å². The van der Waals surface area contributed by atoms with Crippen LogP contribution in [-0.4, -0.2) is 31.3 Å². The van der Waals surface area contributed by atoms with Crippen LogP contribution in [-0.2, 0) is 6.54 Å². The number of rotatable bonds is 10. The maximum absolute atomic E-state index is 6.41. The van der Waals surface area contributed by atoms with Gasteiger partial charge in [-0.1, -0.05) is 49.1 Å². The molecule has 0 saturated carbocycles. The second kappa shape index (κ2) is 9.73. The van der Waals surface area contributed by atoms with E-state index in [4.69, 9.17) is 17.3 Å². The number of hydrogen-bond donors (Lipinski definition) is 3. The summed E-state index contributed by atoms with van der Waals surface area (Å²) in [5, 5.41) is 9.24. The number of aromatic nitrogens is 5. The van der Waals surface area contributed by atoms with Gasteiger partial charge in [-0.2, -0.15) is 5.10 Å². The number of hydrogen-bond acceptors (Lipinski definition) is 5. The Morgan fingerprint density at radius 2 is 1.90 bits per heavy atom. The maximum atomic E-state index is 6.41. The molecule has 1 aromatic carbocycles. The molecule has 3 aromatic heterocycles. The lowest BCUT2D eigenvalue weighted by Crippen LogP contribution is -2.00. The summed E-state index contributed by atoms with van der Waals surface area (Å²) in [6, 6.07) is 8.07. The fraction of sp³-hybridized carbons (Fsp3) is 0.318. The Morgan fingerprint density at radius 1 is 1.07 bits per heavy atom. The van der Waals surface area contributed by atoms with Gasteiger partial charge in [0.1, 0.15) is 0 Å². The highest BCUT2D eigenvalue weighted by atomic mass is 35.5. The Balaban J connectivity index is 1.42. The molecule has 0 unspecified atom stereocenters. The number of para-hydroxylation sites is 1. The summed E-state index contributed by atoms with van der Waals surface area (Å²) in [4.78, 5) is 12.2. The van der Waals surface area contributed by atoms with E-state index >= 15 is 0 Å². The van der Waals surface area contributed by atoms with Crippen molar-refractivity contribution >= 4 is 34.1 Å². The molecule has 0 fully saturated rings. The van der Waals surface area contributed by atoms with Gasteiger partial charge in [0.2, 0.25) is 5.95 Å². The number of nitrogens with zero attached hydrogens (tertiary/aromatic N) is 4. The highest BCUT2D eigenvalue weighted by molar-refractivity contribution is 6.33. The molecule has 0 aliphatic rings. The lowest BCUT2D eigenvalue weighted by atomic mass is 10.1. The van der Waals surface area contributed by atoms with Crippen LogP contribution in [0, 0.1) is 0 Å². The first-order valence-electron chi connectivity index (χ1n) is 10.3. The van der Waals surface area contributed by atoms with Crippen molar-refractivity contribution in [3.8, 4) is 11.3 Å². The van der Waals surface area contributed by atoms with E-state index < -0.39 is 0 Å². The number of nitrogens with one attached hydrogen (secondary N) is 2. The van der Waals surface area contributed by atoms with Gasteiger partial charge in [-0.3, -0.25) is 4.68 Å². The van der Waals surface area contributed by atoms with Crippen LogP contribution < -0.4 is 11.1 Å². The van der Waals surface area contributed by atoms with Gasteiger partial charge < -0.3 is 16.0 Å². The van der Waals surface area contributed by atoms with E-state index in [2.05, 4.69) is 25.4 Å². The SMILES string of the molecule is NCCCCCCCn1cc(Nc2ncc(Cl)c(-c3c[nH]c4ccccc34)n2)cn1. The van der Waals surface area contributed by atoms with Gasteiger partial charge in [0.15, 0.2) is 0 Å². The fourth-order valence-corrected chi connectivity index (χ4v) is 3.70. The van der Waals surface area contributed by atoms with Gasteiger partial charge in [-0.25, -0.2) is 9.97 Å². The zero-order valence-corrected chi connectivity index (χ0v) is 17.6. The standard InChI is InChI=1S/C22H26ClN7/c23-19-14-26-22(29-21(19)18-13-25-20-9-5-4-8-17(18)20)28-16-12-27-30(15-16)11-7-3-1-2-6-10-24/h4-5,8-9,12-15,25H,1-3,6-7,10-11,24H2,(H,26,28,29). The molecule has 0 atom stereocenters. The van der Waals surface area contributed by atoms with E-state index in [0.717, 1.165) is 48.1 Å². The van der Waals surface area contributed by atoms with E-state index in [0.29, 0.717) is 16.7 Å². The number of anilines is 2. The van der Waals surface area contributed by atoms with Crippen LogP contribution in [0.2, 0.25) is 5.02 Å². The Morgan fingerprint density at radius 3 is 2.80 bits per heavy atom. The summed E-state index contributed by atoms with van der Waals surface area (Å²) < 4.78 is 1.95. The highest BCUT2D eigenvalue weighted by Crippen LogP contribution is 2.32. The molecule has 0 amide bonds. The quantitative estimate of drug-likeness (QED) is 0.307. The molecule has 0 radical (unpaired) electrons. The number of nitrogens with two attached hydrogens (primary N) is 1. The van der Waals surface area contributed by atoms with E-state index in [9.17, 15) is 0 Å². The van der Waals surface area contributed by atoms with Gasteiger partial charge in [0, 0.05) is 35.4 Å². The van der Waals surface area contributed by atoms with Crippen molar-refractivity contribution in [3.63, 3.8) is 0 Å². The van der Waals surface area contributed by atoms with E-state index in [1.165, 1.54) is 19.3 Å². The topological polar surface area (TPSA) is 97.4 Å². The lowest BCUT2D eigenvalue weighted by molar-refractivity contribution is 0.530. The van der Waals surface area contributed by atoms with Crippen molar-refractivity contribution in [2.75, 3.05) is 11.9 Å². The molecule has 156 valence electrons. The van der Waals surface area contributed by atoms with Gasteiger partial charge in [0.05, 0.1) is 28.8 Å². The number of benzene rings is 1. The van der Waals surface area contributed by atoms with Crippen LogP contribution in [0.3, 0.4) is 0 Å². The molecule has 0 spiro atoms. The molecule has 4 rings (SSSR count). The molecular weight excluding hydrogens is 398 g/mol. The third-order valence-electron chi connectivity index (χ3n) is 5.07. The average molecular weight is 424 g/mol.